The van der Waals surface area contributed by atoms with Crippen molar-refractivity contribution >= 4 is 5.97 Å². The Morgan fingerprint density at radius 3 is 2.69 bits per heavy atom. The molecule has 3 nitrogen and oxygen atoms in total. The third-order valence-corrected chi connectivity index (χ3v) is 3.87. The van der Waals surface area contributed by atoms with E-state index in [1.165, 1.54) is 0 Å². The fourth-order valence-corrected chi connectivity index (χ4v) is 3.14. The predicted octanol–water partition coefficient (Wildman–Crippen LogP) is 1.56. The molecule has 2 N–H and O–H groups in total. The number of nitrogens with two attached hydrogens (primary N) is 1. The third kappa shape index (κ3) is 1.71. The van der Waals surface area contributed by atoms with Crippen LogP contribution >= 0.6 is 0 Å². The molecule has 2 bridgehead atoms. The second-order valence-corrected chi connectivity index (χ2v) is 4.76. The van der Waals surface area contributed by atoms with Crippen molar-refractivity contribution in [1.82, 2.24) is 0 Å². The molecule has 3 aliphatic rings. The lowest BCUT2D eigenvalue weighted by Gasteiger charge is -2.49. The Bertz CT molecular complexity index is 294. The van der Waals surface area contributed by atoms with Crippen LogP contribution in [0.1, 0.15) is 26.2 Å². The molecule has 0 aromatic rings. The van der Waals surface area contributed by atoms with Gasteiger partial charge < -0.3 is 10.5 Å². The van der Waals surface area contributed by atoms with Gasteiger partial charge in [-0.25, -0.2) is 8.78 Å². The summed E-state index contributed by atoms with van der Waals surface area (Å²) in [5.74, 6) is -4.80. The first-order valence-corrected chi connectivity index (χ1v) is 5.77. The van der Waals surface area contributed by atoms with Crippen LogP contribution in [0.5, 0.6) is 0 Å². The largest absolute Gasteiger partial charge is 0.466 e. The summed E-state index contributed by atoms with van der Waals surface area (Å²) in [5, 5.41) is 0. The van der Waals surface area contributed by atoms with Gasteiger partial charge in [-0.05, 0) is 25.7 Å². The number of hydrogen-bond donors (Lipinski definition) is 1. The summed E-state index contributed by atoms with van der Waals surface area (Å²) in [5.41, 5.74) is 5.79. The highest BCUT2D eigenvalue weighted by atomic mass is 19.3. The van der Waals surface area contributed by atoms with Gasteiger partial charge in [0, 0.05) is 18.4 Å². The average molecular weight is 233 g/mol. The quantitative estimate of drug-likeness (QED) is 0.736. The van der Waals surface area contributed by atoms with Gasteiger partial charge in [0.2, 0.25) is 0 Å². The summed E-state index contributed by atoms with van der Waals surface area (Å²) < 4.78 is 32.0. The molecule has 0 spiro atoms. The van der Waals surface area contributed by atoms with Crippen molar-refractivity contribution < 1.29 is 18.3 Å². The van der Waals surface area contributed by atoms with Crippen molar-refractivity contribution in [1.29, 1.82) is 0 Å². The molecule has 3 saturated carbocycles. The summed E-state index contributed by atoms with van der Waals surface area (Å²) >= 11 is 0. The maximum atomic E-state index is 13.5. The standard InChI is InChI=1S/C11H17F2NO2/c1-2-16-10(15)8-6-3-4-7(9(8)14)11(12,13)5-6/h6-9H,2-5,14H2,1H3/t6-,7-,8?,9-/m0/s1. The summed E-state index contributed by atoms with van der Waals surface area (Å²) in [6.45, 7) is 1.98. The third-order valence-electron chi connectivity index (χ3n) is 3.87. The number of alkyl halides is 2. The van der Waals surface area contributed by atoms with Crippen molar-refractivity contribution in [2.24, 2.45) is 23.5 Å². The molecule has 0 heterocycles. The Morgan fingerprint density at radius 2 is 2.19 bits per heavy atom. The number of fused-ring (bicyclic) bond motifs is 3. The molecule has 0 aromatic heterocycles. The highest BCUT2D eigenvalue weighted by molar-refractivity contribution is 5.74. The van der Waals surface area contributed by atoms with Crippen LogP contribution in [0.2, 0.25) is 0 Å². The summed E-state index contributed by atoms with van der Waals surface area (Å²) in [4.78, 5) is 11.7. The monoisotopic (exact) mass is 233 g/mol. The van der Waals surface area contributed by atoms with Crippen molar-refractivity contribution in [3.63, 3.8) is 0 Å². The van der Waals surface area contributed by atoms with Gasteiger partial charge in [-0.2, -0.15) is 0 Å². The lowest BCUT2D eigenvalue weighted by atomic mass is 9.60. The number of ether oxygens (including phenoxy) is 1. The molecule has 3 rings (SSSR count). The number of esters is 1. The second-order valence-electron chi connectivity index (χ2n) is 4.76. The van der Waals surface area contributed by atoms with Crippen LogP contribution in [0.4, 0.5) is 8.78 Å². The first-order valence-electron chi connectivity index (χ1n) is 5.77. The number of carbonyl (C=O) groups excluding carboxylic acids is 1. The Kier molecular flexibility index (Phi) is 2.90. The van der Waals surface area contributed by atoms with E-state index in [0.717, 1.165) is 0 Å². The maximum absolute atomic E-state index is 13.5. The Morgan fingerprint density at radius 1 is 1.50 bits per heavy atom. The molecule has 0 aromatic carbocycles. The van der Waals surface area contributed by atoms with E-state index in [1.807, 2.05) is 0 Å². The van der Waals surface area contributed by atoms with E-state index in [0.29, 0.717) is 12.8 Å². The number of hydrogen-bond acceptors (Lipinski definition) is 3. The van der Waals surface area contributed by atoms with Crippen molar-refractivity contribution in [3.05, 3.63) is 0 Å². The highest BCUT2D eigenvalue weighted by Gasteiger charge is 2.59. The molecule has 3 fully saturated rings. The lowest BCUT2D eigenvalue weighted by Crippen LogP contribution is -2.60. The zero-order valence-corrected chi connectivity index (χ0v) is 9.29. The van der Waals surface area contributed by atoms with Gasteiger partial charge in [-0.15, -0.1) is 0 Å². The molecule has 0 amide bonds. The van der Waals surface area contributed by atoms with Crippen LogP contribution in [0, 0.1) is 17.8 Å². The van der Waals surface area contributed by atoms with Gasteiger partial charge in [0.05, 0.1) is 12.5 Å². The Hall–Kier alpha value is -0.710. The normalized spacial score (nSPS) is 40.8. The average Bonchev–Trinajstić information content (AvgIpc) is 2.16. The SMILES string of the molecule is CCOC(=O)C1[C@H]2CC[C@@H]([C@@H]1N)C(F)(F)C2. The van der Waals surface area contributed by atoms with Gasteiger partial charge in [-0.1, -0.05) is 0 Å². The fraction of sp³-hybridized carbons (Fsp3) is 0.909. The van der Waals surface area contributed by atoms with Crippen LogP contribution in [-0.2, 0) is 9.53 Å². The zero-order chi connectivity index (χ0) is 11.9. The minimum Gasteiger partial charge on any atom is -0.466 e. The van der Waals surface area contributed by atoms with Crippen LogP contribution in [0.3, 0.4) is 0 Å². The lowest BCUT2D eigenvalue weighted by molar-refractivity contribution is -0.181. The number of rotatable bonds is 2. The van der Waals surface area contributed by atoms with Gasteiger partial charge in [0.1, 0.15) is 0 Å². The Balaban J connectivity index is 2.16. The second kappa shape index (κ2) is 3.95. The molecular weight excluding hydrogens is 216 g/mol. The predicted molar refractivity (Wildman–Crippen MR) is 53.9 cm³/mol. The molecule has 5 heteroatoms. The van der Waals surface area contributed by atoms with Gasteiger partial charge in [0.25, 0.3) is 5.92 Å². The Labute approximate surface area is 93.3 Å². The van der Waals surface area contributed by atoms with E-state index in [-0.39, 0.29) is 18.9 Å². The summed E-state index contributed by atoms with van der Waals surface area (Å²) in [6, 6.07) is -0.749. The van der Waals surface area contributed by atoms with Crippen molar-refractivity contribution in [3.8, 4) is 0 Å². The molecule has 0 saturated heterocycles. The molecule has 4 atom stereocenters. The molecule has 16 heavy (non-hydrogen) atoms. The van der Waals surface area contributed by atoms with Gasteiger partial charge >= 0.3 is 5.97 Å². The van der Waals surface area contributed by atoms with Crippen LogP contribution in [-0.4, -0.2) is 24.5 Å². The van der Waals surface area contributed by atoms with Crippen LogP contribution < -0.4 is 5.73 Å². The topological polar surface area (TPSA) is 52.3 Å². The van der Waals surface area contributed by atoms with Crippen molar-refractivity contribution in [2.75, 3.05) is 6.61 Å². The minimum absolute atomic E-state index is 0.213. The minimum atomic E-state index is -2.70. The fourth-order valence-electron chi connectivity index (χ4n) is 3.14. The molecule has 3 aliphatic carbocycles. The smallest absolute Gasteiger partial charge is 0.310 e. The van der Waals surface area contributed by atoms with Crippen LogP contribution in [0.15, 0.2) is 0 Å². The highest BCUT2D eigenvalue weighted by Crippen LogP contribution is 2.52. The molecule has 1 unspecified atom stereocenters. The summed E-state index contributed by atoms with van der Waals surface area (Å²) in [6.07, 6.45) is 0.876. The molecule has 92 valence electrons. The van der Waals surface area contributed by atoms with E-state index in [9.17, 15) is 13.6 Å². The first kappa shape index (κ1) is 11.8. The maximum Gasteiger partial charge on any atom is 0.310 e. The van der Waals surface area contributed by atoms with Crippen LogP contribution in [0.25, 0.3) is 0 Å². The van der Waals surface area contributed by atoms with Crippen molar-refractivity contribution in [2.45, 2.75) is 38.2 Å². The number of carbonyl (C=O) groups is 1. The first-order chi connectivity index (χ1) is 7.47. The summed E-state index contributed by atoms with van der Waals surface area (Å²) in [7, 11) is 0. The number of halogens is 2. The van der Waals surface area contributed by atoms with Gasteiger partial charge in [0.15, 0.2) is 0 Å². The van der Waals surface area contributed by atoms with E-state index in [1.54, 1.807) is 6.92 Å². The van der Waals surface area contributed by atoms with E-state index in [2.05, 4.69) is 0 Å². The van der Waals surface area contributed by atoms with Gasteiger partial charge in [-0.3, -0.25) is 4.79 Å². The molecule has 0 aliphatic heterocycles. The van der Waals surface area contributed by atoms with E-state index < -0.39 is 29.8 Å². The molecular formula is C11H17F2NO2. The molecule has 0 radical (unpaired) electrons. The van der Waals surface area contributed by atoms with E-state index in [4.69, 9.17) is 10.5 Å². The van der Waals surface area contributed by atoms with E-state index >= 15 is 0 Å². The zero-order valence-electron chi connectivity index (χ0n) is 9.29.